The molecule has 0 spiro atoms. The molecule has 2 aliphatic rings. The number of ether oxygens (including phenoxy) is 2. The summed E-state index contributed by atoms with van der Waals surface area (Å²) in [4.78, 5) is 12.0. The molecular formula is C24H28FNO4. The molecule has 0 aromatic heterocycles. The first-order chi connectivity index (χ1) is 14.6. The fourth-order valence-corrected chi connectivity index (χ4v) is 4.38. The minimum atomic E-state index is -1.05. The van der Waals surface area contributed by atoms with E-state index in [1.54, 1.807) is 12.1 Å². The van der Waals surface area contributed by atoms with Crippen molar-refractivity contribution in [1.82, 2.24) is 0 Å². The summed E-state index contributed by atoms with van der Waals surface area (Å²) in [5.41, 5.74) is 1.79. The van der Waals surface area contributed by atoms with Gasteiger partial charge in [0.25, 0.3) is 0 Å². The number of carboxylic acid groups (broad SMARTS) is 1. The maximum Gasteiger partial charge on any atom is 0.329 e. The Hall–Kier alpha value is -2.44. The Labute approximate surface area is 176 Å². The van der Waals surface area contributed by atoms with Crippen LogP contribution in [-0.2, 0) is 20.9 Å². The second-order valence-corrected chi connectivity index (χ2v) is 8.19. The van der Waals surface area contributed by atoms with Crippen molar-refractivity contribution in [3.63, 3.8) is 0 Å². The van der Waals surface area contributed by atoms with Crippen LogP contribution in [0.25, 0.3) is 11.1 Å². The highest BCUT2D eigenvalue weighted by atomic mass is 19.1. The highest BCUT2D eigenvalue weighted by molar-refractivity contribution is 5.83. The molecule has 5 nitrogen and oxygen atoms in total. The van der Waals surface area contributed by atoms with E-state index in [4.69, 9.17) is 9.47 Å². The van der Waals surface area contributed by atoms with Crippen LogP contribution in [0.3, 0.4) is 0 Å². The van der Waals surface area contributed by atoms with E-state index in [2.05, 4.69) is 5.32 Å². The minimum Gasteiger partial charge on any atom is -0.480 e. The smallest absolute Gasteiger partial charge is 0.329 e. The van der Waals surface area contributed by atoms with E-state index in [-0.39, 0.29) is 11.9 Å². The predicted octanol–water partition coefficient (Wildman–Crippen LogP) is 5.00. The van der Waals surface area contributed by atoms with Gasteiger partial charge in [-0.25, -0.2) is 9.18 Å². The largest absolute Gasteiger partial charge is 0.480 e. The van der Waals surface area contributed by atoms with Gasteiger partial charge in [0.2, 0.25) is 0 Å². The summed E-state index contributed by atoms with van der Waals surface area (Å²) in [6.07, 6.45) is 5.47. The van der Waals surface area contributed by atoms with E-state index in [1.165, 1.54) is 18.9 Å². The van der Waals surface area contributed by atoms with Crippen molar-refractivity contribution < 1.29 is 23.8 Å². The number of anilines is 1. The van der Waals surface area contributed by atoms with Gasteiger partial charge < -0.3 is 19.9 Å². The number of aliphatic carboxylic acids is 1. The Bertz CT molecular complexity index is 889. The molecule has 0 unspecified atom stereocenters. The first-order valence-electron chi connectivity index (χ1n) is 10.7. The first kappa shape index (κ1) is 20.8. The van der Waals surface area contributed by atoms with E-state index in [0.717, 1.165) is 24.0 Å². The quantitative estimate of drug-likeness (QED) is 0.669. The summed E-state index contributed by atoms with van der Waals surface area (Å²) in [5.74, 6) is -1.17. The number of rotatable bonds is 7. The molecule has 4 rings (SSSR count). The molecule has 1 aliphatic heterocycles. The summed E-state index contributed by atoms with van der Waals surface area (Å²) in [6.45, 7) is 1.18. The highest BCUT2D eigenvalue weighted by Gasteiger charge is 2.40. The van der Waals surface area contributed by atoms with Crippen LogP contribution in [0.1, 0.15) is 44.1 Å². The number of hydrogen-bond acceptors (Lipinski definition) is 4. The van der Waals surface area contributed by atoms with Crippen molar-refractivity contribution in [3.05, 3.63) is 53.8 Å². The second kappa shape index (κ2) is 9.14. The molecule has 0 radical (unpaired) electrons. The molecular weight excluding hydrogens is 385 g/mol. The fourth-order valence-electron chi connectivity index (χ4n) is 4.38. The molecule has 2 N–H and O–H groups in total. The van der Waals surface area contributed by atoms with Crippen LogP contribution in [-0.4, -0.2) is 35.9 Å². The molecule has 0 bridgehead atoms. The maximum atomic E-state index is 14.5. The van der Waals surface area contributed by atoms with Gasteiger partial charge in [-0.1, -0.05) is 37.1 Å². The molecule has 0 amide bonds. The molecule has 1 saturated carbocycles. The first-order valence-corrected chi connectivity index (χ1v) is 10.7. The van der Waals surface area contributed by atoms with Crippen molar-refractivity contribution in [2.24, 2.45) is 0 Å². The van der Waals surface area contributed by atoms with E-state index < -0.39 is 11.5 Å². The zero-order valence-electron chi connectivity index (χ0n) is 17.0. The maximum absolute atomic E-state index is 14.5. The average Bonchev–Trinajstić information content (AvgIpc) is 3.27. The van der Waals surface area contributed by atoms with Crippen LogP contribution in [0.5, 0.6) is 0 Å². The van der Waals surface area contributed by atoms with E-state index in [1.807, 2.05) is 24.3 Å². The van der Waals surface area contributed by atoms with Crippen molar-refractivity contribution in [2.45, 2.75) is 56.8 Å². The SMILES string of the molecule is O=C(O)C1(Nc2ccc(-c3ccccc3F)c(COC3CCCC3)c2)CCOCC1. The summed E-state index contributed by atoms with van der Waals surface area (Å²) in [6, 6.07) is 12.3. The summed E-state index contributed by atoms with van der Waals surface area (Å²) >= 11 is 0. The highest BCUT2D eigenvalue weighted by Crippen LogP contribution is 2.33. The number of carboxylic acids is 1. The van der Waals surface area contributed by atoms with Gasteiger partial charge in [-0.3, -0.25) is 0 Å². The average molecular weight is 413 g/mol. The van der Waals surface area contributed by atoms with Gasteiger partial charge in [0, 0.05) is 37.3 Å². The van der Waals surface area contributed by atoms with E-state index in [9.17, 15) is 14.3 Å². The monoisotopic (exact) mass is 413 g/mol. The lowest BCUT2D eigenvalue weighted by Crippen LogP contribution is -2.50. The van der Waals surface area contributed by atoms with Gasteiger partial charge in [-0.15, -0.1) is 0 Å². The van der Waals surface area contributed by atoms with Gasteiger partial charge in [0.15, 0.2) is 0 Å². The van der Waals surface area contributed by atoms with Crippen molar-refractivity contribution in [1.29, 1.82) is 0 Å². The van der Waals surface area contributed by atoms with E-state index in [0.29, 0.717) is 43.9 Å². The van der Waals surface area contributed by atoms with Crippen LogP contribution in [0.4, 0.5) is 10.1 Å². The number of hydrogen-bond donors (Lipinski definition) is 2. The fraction of sp³-hybridized carbons (Fsp3) is 0.458. The van der Waals surface area contributed by atoms with Crippen molar-refractivity contribution >= 4 is 11.7 Å². The lowest BCUT2D eigenvalue weighted by atomic mass is 9.89. The third-order valence-electron chi connectivity index (χ3n) is 6.19. The van der Waals surface area contributed by atoms with E-state index >= 15 is 0 Å². The van der Waals surface area contributed by atoms with Crippen LogP contribution in [0.2, 0.25) is 0 Å². The summed E-state index contributed by atoms with van der Waals surface area (Å²) in [7, 11) is 0. The topological polar surface area (TPSA) is 67.8 Å². The molecule has 2 aromatic carbocycles. The summed E-state index contributed by atoms with van der Waals surface area (Å²) in [5, 5.41) is 13.1. The number of nitrogens with one attached hydrogen (secondary N) is 1. The molecule has 1 heterocycles. The lowest BCUT2D eigenvalue weighted by molar-refractivity contribution is -0.145. The Morgan fingerprint density at radius 1 is 1.13 bits per heavy atom. The third kappa shape index (κ3) is 4.50. The van der Waals surface area contributed by atoms with Gasteiger partial charge >= 0.3 is 5.97 Å². The van der Waals surface area contributed by atoms with Gasteiger partial charge in [0.05, 0.1) is 12.7 Å². The number of carbonyl (C=O) groups is 1. The molecule has 1 saturated heterocycles. The minimum absolute atomic E-state index is 0.232. The zero-order valence-corrected chi connectivity index (χ0v) is 17.0. The van der Waals surface area contributed by atoms with Crippen molar-refractivity contribution in [2.75, 3.05) is 18.5 Å². The Kier molecular flexibility index (Phi) is 6.35. The predicted molar refractivity (Wildman–Crippen MR) is 113 cm³/mol. The van der Waals surface area contributed by atoms with Crippen LogP contribution in [0, 0.1) is 5.82 Å². The van der Waals surface area contributed by atoms with Crippen molar-refractivity contribution in [3.8, 4) is 11.1 Å². The second-order valence-electron chi connectivity index (χ2n) is 8.19. The van der Waals surface area contributed by atoms with Crippen LogP contribution >= 0.6 is 0 Å². The Morgan fingerprint density at radius 3 is 2.57 bits per heavy atom. The molecule has 30 heavy (non-hydrogen) atoms. The number of benzene rings is 2. The zero-order chi connectivity index (χ0) is 21.0. The normalized spacial score (nSPS) is 19.0. The van der Waals surface area contributed by atoms with Gasteiger partial charge in [-0.05, 0) is 42.2 Å². The number of halogens is 1. The Balaban J connectivity index is 1.64. The third-order valence-corrected chi connectivity index (χ3v) is 6.19. The molecule has 1 aliphatic carbocycles. The molecule has 0 atom stereocenters. The standard InChI is InChI=1S/C24H28FNO4/c25-22-8-4-3-7-21(22)20-10-9-18(15-17(20)16-30-19-5-1-2-6-19)26-24(23(27)28)11-13-29-14-12-24/h3-4,7-10,15,19,26H,1-2,5-6,11-14,16H2,(H,27,28). The molecule has 160 valence electrons. The summed E-state index contributed by atoms with van der Waals surface area (Å²) < 4.78 is 26.0. The lowest BCUT2D eigenvalue weighted by Gasteiger charge is -2.35. The molecule has 2 aromatic rings. The van der Waals surface area contributed by atoms with Gasteiger partial charge in [0.1, 0.15) is 11.4 Å². The molecule has 6 heteroatoms. The molecule has 2 fully saturated rings. The Morgan fingerprint density at radius 2 is 1.87 bits per heavy atom. The van der Waals surface area contributed by atoms with Crippen LogP contribution in [0.15, 0.2) is 42.5 Å². The van der Waals surface area contributed by atoms with Crippen LogP contribution < -0.4 is 5.32 Å². The van der Waals surface area contributed by atoms with Gasteiger partial charge in [-0.2, -0.15) is 0 Å².